The van der Waals surface area contributed by atoms with Gasteiger partial charge in [0.2, 0.25) is 0 Å². The van der Waals surface area contributed by atoms with Crippen molar-refractivity contribution in [2.75, 3.05) is 10.6 Å². The third kappa shape index (κ3) is 4.81. The summed E-state index contributed by atoms with van der Waals surface area (Å²) in [7, 11) is 0. The van der Waals surface area contributed by atoms with Crippen molar-refractivity contribution in [3.63, 3.8) is 0 Å². The molecule has 0 unspecified atom stereocenters. The number of nitrogens with one attached hydrogen (secondary N) is 2. The molecular weight excluding hydrogens is 468 g/mol. The Balaban J connectivity index is 1.28. The Morgan fingerprint density at radius 3 is 2.68 bits per heavy atom. The molecule has 0 bridgehead atoms. The minimum atomic E-state index is -0.232. The van der Waals surface area contributed by atoms with E-state index in [0.717, 1.165) is 22.5 Å². The van der Waals surface area contributed by atoms with Gasteiger partial charge in [-0.3, -0.25) is 9.59 Å². The zero-order valence-corrected chi connectivity index (χ0v) is 19.7. The minimum absolute atomic E-state index is 0.0396. The van der Waals surface area contributed by atoms with Crippen molar-refractivity contribution in [1.82, 2.24) is 9.88 Å². The third-order valence-electron chi connectivity index (χ3n) is 5.59. The van der Waals surface area contributed by atoms with Crippen LogP contribution in [0.4, 0.5) is 11.5 Å². The van der Waals surface area contributed by atoms with Crippen molar-refractivity contribution in [2.45, 2.75) is 19.6 Å². The molecule has 3 heterocycles. The molecule has 2 amide bonds. The second-order valence-corrected chi connectivity index (χ2v) is 9.65. The van der Waals surface area contributed by atoms with E-state index >= 15 is 0 Å². The molecule has 2 aromatic heterocycles. The van der Waals surface area contributed by atoms with Gasteiger partial charge >= 0.3 is 0 Å². The molecule has 2 aromatic carbocycles. The highest BCUT2D eigenvalue weighted by atomic mass is 35.5. The number of halogens is 1. The van der Waals surface area contributed by atoms with E-state index in [2.05, 4.69) is 21.7 Å². The summed E-state index contributed by atoms with van der Waals surface area (Å²) in [5, 5.41) is 6.24. The van der Waals surface area contributed by atoms with Crippen LogP contribution in [0.1, 0.15) is 36.7 Å². The standard InChI is InChI=1S/C26H21ClN4O2S/c27-23-11-10-22(34-23)25(32)30-21-8-4-7-19-20(21)16-31(26(19)33)15-18-6-3-5-17(13-18)14-29-24-9-1-2-12-28-24/h1-13H,14-16H2,(H,28,29)(H,30,32). The molecule has 0 spiro atoms. The van der Waals surface area contributed by atoms with Gasteiger partial charge in [0.15, 0.2) is 0 Å². The molecule has 2 N–H and O–H groups in total. The number of fused-ring (bicyclic) bond motifs is 1. The summed E-state index contributed by atoms with van der Waals surface area (Å²) >= 11 is 7.18. The lowest BCUT2D eigenvalue weighted by Gasteiger charge is -2.17. The van der Waals surface area contributed by atoms with Crippen molar-refractivity contribution >= 4 is 46.3 Å². The number of hydrogen-bond acceptors (Lipinski definition) is 5. The van der Waals surface area contributed by atoms with Crippen molar-refractivity contribution in [3.8, 4) is 0 Å². The summed E-state index contributed by atoms with van der Waals surface area (Å²) in [6.45, 7) is 1.56. The molecule has 8 heteroatoms. The number of pyridine rings is 1. The van der Waals surface area contributed by atoms with E-state index in [1.807, 2.05) is 48.5 Å². The fourth-order valence-electron chi connectivity index (χ4n) is 3.97. The first-order valence-electron chi connectivity index (χ1n) is 10.8. The molecule has 1 aliphatic heterocycles. The Hall–Kier alpha value is -3.68. The smallest absolute Gasteiger partial charge is 0.265 e. The van der Waals surface area contributed by atoms with E-state index in [1.54, 1.807) is 29.3 Å². The molecule has 5 rings (SSSR count). The molecular formula is C26H21ClN4O2S. The zero-order chi connectivity index (χ0) is 23.5. The first-order chi connectivity index (χ1) is 16.6. The molecule has 0 radical (unpaired) electrons. The summed E-state index contributed by atoms with van der Waals surface area (Å²) in [4.78, 5) is 32.3. The second kappa shape index (κ2) is 9.67. The van der Waals surface area contributed by atoms with Gasteiger partial charge < -0.3 is 15.5 Å². The van der Waals surface area contributed by atoms with Gasteiger partial charge in [0.1, 0.15) is 5.82 Å². The Bertz CT molecular complexity index is 1360. The SMILES string of the molecule is O=C(Nc1cccc2c1CN(Cc1cccc(CNc3ccccn3)c1)C2=O)c1ccc(Cl)s1. The number of amides is 2. The third-order valence-corrected chi connectivity index (χ3v) is 6.82. The number of aromatic nitrogens is 1. The lowest BCUT2D eigenvalue weighted by Crippen LogP contribution is -2.23. The molecule has 1 aliphatic rings. The van der Waals surface area contributed by atoms with Gasteiger partial charge in [0.25, 0.3) is 11.8 Å². The van der Waals surface area contributed by atoms with Crippen molar-refractivity contribution < 1.29 is 9.59 Å². The number of carbonyl (C=O) groups is 2. The van der Waals surface area contributed by atoms with E-state index in [9.17, 15) is 9.59 Å². The van der Waals surface area contributed by atoms with Gasteiger partial charge in [0.05, 0.1) is 9.21 Å². The molecule has 34 heavy (non-hydrogen) atoms. The summed E-state index contributed by atoms with van der Waals surface area (Å²) in [6.07, 6.45) is 1.75. The number of nitrogens with zero attached hydrogens (tertiary/aromatic N) is 2. The molecule has 0 fully saturated rings. The number of rotatable bonds is 7. The van der Waals surface area contributed by atoms with Crippen LogP contribution in [-0.2, 0) is 19.6 Å². The largest absolute Gasteiger partial charge is 0.366 e. The van der Waals surface area contributed by atoms with Crippen LogP contribution in [0.5, 0.6) is 0 Å². The predicted molar refractivity (Wildman–Crippen MR) is 135 cm³/mol. The van der Waals surface area contributed by atoms with Crippen LogP contribution >= 0.6 is 22.9 Å². The van der Waals surface area contributed by atoms with Crippen LogP contribution < -0.4 is 10.6 Å². The topological polar surface area (TPSA) is 74.3 Å². The first-order valence-corrected chi connectivity index (χ1v) is 12.0. The van der Waals surface area contributed by atoms with Crippen LogP contribution in [0, 0.1) is 0 Å². The van der Waals surface area contributed by atoms with Gasteiger partial charge in [-0.25, -0.2) is 4.98 Å². The number of carbonyl (C=O) groups excluding carboxylic acids is 2. The van der Waals surface area contributed by atoms with Gasteiger partial charge in [-0.05, 0) is 47.5 Å². The van der Waals surface area contributed by atoms with Crippen LogP contribution in [-0.4, -0.2) is 21.7 Å². The molecule has 0 atom stereocenters. The van der Waals surface area contributed by atoms with E-state index in [1.165, 1.54) is 11.3 Å². The number of hydrogen-bond donors (Lipinski definition) is 2. The lowest BCUT2D eigenvalue weighted by atomic mass is 10.1. The summed E-state index contributed by atoms with van der Waals surface area (Å²) in [6, 6.07) is 22.7. The van der Waals surface area contributed by atoms with Crippen LogP contribution in [0.3, 0.4) is 0 Å². The number of anilines is 2. The molecule has 4 aromatic rings. The van der Waals surface area contributed by atoms with Crippen LogP contribution in [0.15, 0.2) is 79.0 Å². The Morgan fingerprint density at radius 2 is 1.88 bits per heavy atom. The molecule has 0 saturated carbocycles. The fraction of sp³-hybridized carbons (Fsp3) is 0.115. The maximum Gasteiger partial charge on any atom is 0.265 e. The zero-order valence-electron chi connectivity index (χ0n) is 18.1. The predicted octanol–water partition coefficient (Wildman–Crippen LogP) is 5.82. The van der Waals surface area contributed by atoms with E-state index in [4.69, 9.17) is 11.6 Å². The Morgan fingerprint density at radius 1 is 1.03 bits per heavy atom. The highest BCUT2D eigenvalue weighted by Crippen LogP contribution is 2.31. The fourth-order valence-corrected chi connectivity index (χ4v) is 4.91. The summed E-state index contributed by atoms with van der Waals surface area (Å²) in [5.41, 5.74) is 4.25. The van der Waals surface area contributed by atoms with Crippen molar-refractivity contribution in [1.29, 1.82) is 0 Å². The average Bonchev–Trinajstić information content (AvgIpc) is 3.43. The monoisotopic (exact) mass is 488 g/mol. The normalized spacial score (nSPS) is 12.5. The van der Waals surface area contributed by atoms with Crippen LogP contribution in [0.25, 0.3) is 0 Å². The van der Waals surface area contributed by atoms with Crippen molar-refractivity contribution in [3.05, 3.63) is 110 Å². The first kappa shape index (κ1) is 22.1. The maximum atomic E-state index is 13.1. The van der Waals surface area contributed by atoms with Crippen LogP contribution in [0.2, 0.25) is 4.34 Å². The lowest BCUT2D eigenvalue weighted by molar-refractivity contribution is 0.0766. The Labute approximate surface area is 206 Å². The van der Waals surface area contributed by atoms with Gasteiger partial charge in [-0.15, -0.1) is 11.3 Å². The van der Waals surface area contributed by atoms with Gasteiger partial charge in [-0.1, -0.05) is 48.0 Å². The van der Waals surface area contributed by atoms with Gasteiger partial charge in [0, 0.05) is 42.6 Å². The van der Waals surface area contributed by atoms with E-state index < -0.39 is 0 Å². The molecule has 0 saturated heterocycles. The number of thiophene rings is 1. The van der Waals surface area contributed by atoms with Gasteiger partial charge in [-0.2, -0.15) is 0 Å². The average molecular weight is 489 g/mol. The summed E-state index contributed by atoms with van der Waals surface area (Å²) < 4.78 is 0.558. The highest BCUT2D eigenvalue weighted by Gasteiger charge is 2.30. The van der Waals surface area contributed by atoms with E-state index in [-0.39, 0.29) is 11.8 Å². The Kier molecular flexibility index (Phi) is 6.29. The second-order valence-electron chi connectivity index (χ2n) is 7.94. The molecule has 0 aliphatic carbocycles. The minimum Gasteiger partial charge on any atom is -0.366 e. The molecule has 170 valence electrons. The van der Waals surface area contributed by atoms with Crippen molar-refractivity contribution in [2.24, 2.45) is 0 Å². The quantitative estimate of drug-likeness (QED) is 0.344. The highest BCUT2D eigenvalue weighted by molar-refractivity contribution is 7.18. The summed E-state index contributed by atoms with van der Waals surface area (Å²) in [5.74, 6) is 0.545. The number of benzene rings is 2. The molecule has 6 nitrogen and oxygen atoms in total. The maximum absolute atomic E-state index is 13.1. The van der Waals surface area contributed by atoms with E-state index in [0.29, 0.717) is 40.1 Å².